The first-order valence-electron chi connectivity index (χ1n) is 9.96. The van der Waals surface area contributed by atoms with Gasteiger partial charge in [0, 0.05) is 25.4 Å². The third-order valence-electron chi connectivity index (χ3n) is 4.94. The van der Waals surface area contributed by atoms with E-state index in [0.717, 1.165) is 24.8 Å². The molecule has 30 heavy (non-hydrogen) atoms. The maximum Gasteiger partial charge on any atom is 0.240 e. The van der Waals surface area contributed by atoms with Gasteiger partial charge in [-0.05, 0) is 61.1 Å². The van der Waals surface area contributed by atoms with Crippen molar-refractivity contribution in [2.24, 2.45) is 0 Å². The standard InChI is InChI=1S/C21H24N6O2S/c28-30(29,18-9-8-16-5-1-2-6-17(16)13-18)26-12-11-23-20-14-21(25-15-24-20)27-19-7-3-4-10-22-19/h3-4,7-10,13-15,26H,1-2,5-6,11-12H2,(H2,22,23,24,25,27). The fraction of sp³-hybridized carbons (Fsp3) is 0.286. The quantitative estimate of drug-likeness (QED) is 0.477. The third-order valence-corrected chi connectivity index (χ3v) is 6.40. The summed E-state index contributed by atoms with van der Waals surface area (Å²) in [4.78, 5) is 12.8. The Morgan fingerprint density at radius 3 is 2.50 bits per heavy atom. The molecule has 0 aliphatic heterocycles. The molecule has 2 aromatic heterocycles. The SMILES string of the molecule is O=S(=O)(NCCNc1cc(Nc2ccccn2)ncn1)c1ccc2c(c1)CCCC2. The molecule has 1 aromatic carbocycles. The molecule has 3 N–H and O–H groups in total. The van der Waals surface area contributed by atoms with Gasteiger partial charge in [0.2, 0.25) is 10.0 Å². The lowest BCUT2D eigenvalue weighted by atomic mass is 9.92. The van der Waals surface area contributed by atoms with Crippen molar-refractivity contribution >= 4 is 27.5 Å². The Kier molecular flexibility index (Phi) is 6.20. The van der Waals surface area contributed by atoms with Crippen LogP contribution in [0.15, 0.2) is 59.9 Å². The van der Waals surface area contributed by atoms with Gasteiger partial charge in [-0.3, -0.25) is 0 Å². The zero-order valence-corrected chi connectivity index (χ0v) is 17.3. The predicted octanol–water partition coefficient (Wildman–Crippen LogP) is 2.88. The Morgan fingerprint density at radius 2 is 1.67 bits per heavy atom. The maximum atomic E-state index is 12.6. The lowest BCUT2D eigenvalue weighted by Crippen LogP contribution is -2.29. The number of aromatic nitrogens is 3. The van der Waals surface area contributed by atoms with Gasteiger partial charge in [-0.2, -0.15) is 0 Å². The summed E-state index contributed by atoms with van der Waals surface area (Å²) in [6.07, 6.45) is 7.39. The molecule has 0 fully saturated rings. The highest BCUT2D eigenvalue weighted by atomic mass is 32.2. The summed E-state index contributed by atoms with van der Waals surface area (Å²) in [5.74, 6) is 1.87. The normalized spacial score (nSPS) is 13.5. The Balaban J connectivity index is 1.31. The van der Waals surface area contributed by atoms with Crippen LogP contribution in [0.1, 0.15) is 24.0 Å². The van der Waals surface area contributed by atoms with E-state index < -0.39 is 10.0 Å². The minimum Gasteiger partial charge on any atom is -0.369 e. The van der Waals surface area contributed by atoms with E-state index in [1.54, 1.807) is 18.3 Å². The molecular weight excluding hydrogens is 400 g/mol. The lowest BCUT2D eigenvalue weighted by Gasteiger charge is -2.17. The van der Waals surface area contributed by atoms with Crippen LogP contribution in [0.25, 0.3) is 0 Å². The second-order valence-electron chi connectivity index (χ2n) is 7.09. The topological polar surface area (TPSA) is 109 Å². The summed E-state index contributed by atoms with van der Waals surface area (Å²) in [6.45, 7) is 0.636. The van der Waals surface area contributed by atoms with Crippen LogP contribution in [0.4, 0.5) is 17.5 Å². The summed E-state index contributed by atoms with van der Waals surface area (Å²) < 4.78 is 27.9. The summed E-state index contributed by atoms with van der Waals surface area (Å²) in [5, 5.41) is 6.20. The second-order valence-corrected chi connectivity index (χ2v) is 8.86. The molecular formula is C21H24N6O2S. The molecule has 156 valence electrons. The molecule has 3 aromatic rings. The van der Waals surface area contributed by atoms with Crippen LogP contribution in [0.2, 0.25) is 0 Å². The van der Waals surface area contributed by atoms with Gasteiger partial charge < -0.3 is 10.6 Å². The number of rotatable bonds is 8. The predicted molar refractivity (Wildman–Crippen MR) is 116 cm³/mol. The van der Waals surface area contributed by atoms with Gasteiger partial charge in [0.05, 0.1) is 4.90 Å². The van der Waals surface area contributed by atoms with E-state index in [4.69, 9.17) is 0 Å². The lowest BCUT2D eigenvalue weighted by molar-refractivity contribution is 0.582. The number of aryl methyl sites for hydroxylation is 2. The first-order chi connectivity index (χ1) is 14.6. The highest BCUT2D eigenvalue weighted by Crippen LogP contribution is 2.24. The summed E-state index contributed by atoms with van der Waals surface area (Å²) in [6, 6.07) is 12.7. The number of pyridine rings is 1. The van der Waals surface area contributed by atoms with E-state index >= 15 is 0 Å². The highest BCUT2D eigenvalue weighted by Gasteiger charge is 2.17. The maximum absolute atomic E-state index is 12.6. The Labute approximate surface area is 176 Å². The van der Waals surface area contributed by atoms with Crippen LogP contribution >= 0.6 is 0 Å². The number of nitrogens with one attached hydrogen (secondary N) is 3. The number of benzene rings is 1. The molecule has 0 amide bonds. The second kappa shape index (κ2) is 9.19. The Hall–Kier alpha value is -3.04. The van der Waals surface area contributed by atoms with Gasteiger partial charge in [0.15, 0.2) is 0 Å². The number of nitrogens with zero attached hydrogens (tertiary/aromatic N) is 3. The van der Waals surface area contributed by atoms with Gasteiger partial charge in [-0.15, -0.1) is 0 Å². The fourth-order valence-electron chi connectivity index (χ4n) is 3.43. The Morgan fingerprint density at radius 1 is 0.833 bits per heavy atom. The first-order valence-corrected chi connectivity index (χ1v) is 11.4. The molecule has 0 atom stereocenters. The monoisotopic (exact) mass is 424 g/mol. The van der Waals surface area contributed by atoms with Crippen molar-refractivity contribution in [3.63, 3.8) is 0 Å². The van der Waals surface area contributed by atoms with Crippen molar-refractivity contribution < 1.29 is 8.42 Å². The molecule has 0 bridgehead atoms. The molecule has 8 nitrogen and oxygen atoms in total. The number of hydrogen-bond donors (Lipinski definition) is 3. The van der Waals surface area contributed by atoms with Crippen LogP contribution in [-0.4, -0.2) is 36.5 Å². The van der Waals surface area contributed by atoms with Crippen LogP contribution in [-0.2, 0) is 22.9 Å². The molecule has 1 aliphatic carbocycles. The molecule has 0 saturated carbocycles. The smallest absolute Gasteiger partial charge is 0.240 e. The Bertz CT molecular complexity index is 1110. The number of fused-ring (bicyclic) bond motifs is 1. The van der Waals surface area contributed by atoms with E-state index in [1.165, 1.54) is 18.3 Å². The van der Waals surface area contributed by atoms with Crippen molar-refractivity contribution in [2.45, 2.75) is 30.6 Å². The minimum absolute atomic E-state index is 0.242. The van der Waals surface area contributed by atoms with Crippen LogP contribution in [0, 0.1) is 0 Å². The number of sulfonamides is 1. The zero-order chi connectivity index (χ0) is 20.8. The largest absolute Gasteiger partial charge is 0.369 e. The molecule has 0 radical (unpaired) electrons. The van der Waals surface area contributed by atoms with Gasteiger partial charge in [-0.1, -0.05) is 12.1 Å². The van der Waals surface area contributed by atoms with Crippen LogP contribution in [0.5, 0.6) is 0 Å². The van der Waals surface area contributed by atoms with E-state index in [0.29, 0.717) is 28.9 Å². The van der Waals surface area contributed by atoms with E-state index in [2.05, 4.69) is 30.3 Å². The summed E-state index contributed by atoms with van der Waals surface area (Å²) in [5.41, 5.74) is 2.41. The molecule has 0 unspecified atom stereocenters. The molecule has 2 heterocycles. The molecule has 0 spiro atoms. The van der Waals surface area contributed by atoms with E-state index in [-0.39, 0.29) is 6.54 Å². The first kappa shape index (κ1) is 20.2. The van der Waals surface area contributed by atoms with Crippen LogP contribution < -0.4 is 15.4 Å². The van der Waals surface area contributed by atoms with Crippen molar-refractivity contribution in [2.75, 3.05) is 23.7 Å². The van der Waals surface area contributed by atoms with Gasteiger partial charge in [0.1, 0.15) is 23.8 Å². The number of hydrogen-bond acceptors (Lipinski definition) is 7. The van der Waals surface area contributed by atoms with Crippen molar-refractivity contribution in [1.29, 1.82) is 0 Å². The van der Waals surface area contributed by atoms with E-state index in [1.807, 2.05) is 30.3 Å². The van der Waals surface area contributed by atoms with Gasteiger partial charge in [0.25, 0.3) is 0 Å². The molecule has 4 rings (SSSR count). The average molecular weight is 425 g/mol. The van der Waals surface area contributed by atoms with Gasteiger partial charge >= 0.3 is 0 Å². The fourth-order valence-corrected chi connectivity index (χ4v) is 4.51. The minimum atomic E-state index is -3.54. The summed E-state index contributed by atoms with van der Waals surface area (Å²) >= 11 is 0. The third kappa shape index (κ3) is 5.11. The van der Waals surface area contributed by atoms with Crippen LogP contribution in [0.3, 0.4) is 0 Å². The number of anilines is 3. The molecule has 9 heteroatoms. The highest BCUT2D eigenvalue weighted by molar-refractivity contribution is 7.89. The van der Waals surface area contributed by atoms with E-state index in [9.17, 15) is 8.42 Å². The molecule has 0 saturated heterocycles. The van der Waals surface area contributed by atoms with Crippen molar-refractivity contribution in [1.82, 2.24) is 19.7 Å². The van der Waals surface area contributed by atoms with Crippen molar-refractivity contribution in [3.8, 4) is 0 Å². The average Bonchev–Trinajstić information content (AvgIpc) is 2.77. The van der Waals surface area contributed by atoms with Crippen molar-refractivity contribution in [3.05, 3.63) is 66.1 Å². The molecule has 1 aliphatic rings. The summed E-state index contributed by atoms with van der Waals surface area (Å²) in [7, 11) is -3.54. The zero-order valence-electron chi connectivity index (χ0n) is 16.5. The van der Waals surface area contributed by atoms with Gasteiger partial charge in [-0.25, -0.2) is 28.1 Å².